The molecule has 0 saturated carbocycles. The quantitative estimate of drug-likeness (QED) is 0.812. The summed E-state index contributed by atoms with van der Waals surface area (Å²) in [6, 6.07) is 7.88. The van der Waals surface area contributed by atoms with E-state index in [0.29, 0.717) is 31.7 Å². The first-order valence-corrected chi connectivity index (χ1v) is 10.3. The van der Waals surface area contributed by atoms with Crippen LogP contribution >= 0.6 is 0 Å². The smallest absolute Gasteiger partial charge is 0.257 e. The van der Waals surface area contributed by atoms with E-state index in [1.165, 1.54) is 4.31 Å². The number of nitrogens with zero attached hydrogens (tertiary/aromatic N) is 4. The number of hydrogen-bond donors (Lipinski definition) is 0. The maximum absolute atomic E-state index is 12.9. The fourth-order valence-electron chi connectivity index (χ4n) is 3.19. The maximum atomic E-state index is 12.9. The third kappa shape index (κ3) is 3.39. The number of piperazine rings is 1. The first-order valence-electron chi connectivity index (χ1n) is 8.73. The van der Waals surface area contributed by atoms with E-state index in [1.807, 2.05) is 38.1 Å². The molecule has 26 heavy (non-hydrogen) atoms. The van der Waals surface area contributed by atoms with Gasteiger partial charge in [0.25, 0.3) is 5.91 Å². The summed E-state index contributed by atoms with van der Waals surface area (Å²) < 4.78 is 27.1. The first kappa shape index (κ1) is 18.6. The minimum atomic E-state index is -3.20. The van der Waals surface area contributed by atoms with Gasteiger partial charge in [0.2, 0.25) is 10.0 Å². The fourth-order valence-corrected chi connectivity index (χ4v) is 4.27. The molecular formula is C18H24N4O3S. The average Bonchev–Trinajstić information content (AvgIpc) is 3.03. The molecule has 0 radical (unpaired) electrons. The summed E-state index contributed by atoms with van der Waals surface area (Å²) >= 11 is 0. The Kier molecular flexibility index (Phi) is 5.15. The minimum absolute atomic E-state index is 0.0866. The Balaban J connectivity index is 1.77. The number of rotatable bonds is 4. The van der Waals surface area contributed by atoms with E-state index in [9.17, 15) is 13.2 Å². The van der Waals surface area contributed by atoms with Gasteiger partial charge in [-0.3, -0.25) is 4.79 Å². The van der Waals surface area contributed by atoms with Crippen molar-refractivity contribution in [1.82, 2.24) is 19.0 Å². The number of sulfonamides is 1. The normalized spacial score (nSPS) is 16.0. The van der Waals surface area contributed by atoms with Crippen molar-refractivity contribution >= 4 is 15.9 Å². The van der Waals surface area contributed by atoms with E-state index in [2.05, 4.69) is 5.10 Å². The Morgan fingerprint density at radius 3 is 2.38 bits per heavy atom. The molecule has 7 nitrogen and oxygen atoms in total. The number of carbonyl (C=O) groups is 1. The number of aryl methyl sites for hydroxylation is 1. The zero-order valence-corrected chi connectivity index (χ0v) is 16.2. The highest BCUT2D eigenvalue weighted by Crippen LogP contribution is 2.19. The topological polar surface area (TPSA) is 75.5 Å². The van der Waals surface area contributed by atoms with E-state index in [1.54, 1.807) is 22.7 Å². The summed E-state index contributed by atoms with van der Waals surface area (Å²) in [6.07, 6.45) is 1.60. The number of benzene rings is 1. The van der Waals surface area contributed by atoms with Gasteiger partial charge < -0.3 is 4.90 Å². The molecule has 0 unspecified atom stereocenters. The van der Waals surface area contributed by atoms with Crippen LogP contribution in [0.15, 0.2) is 30.5 Å². The molecule has 1 aliphatic rings. The van der Waals surface area contributed by atoms with Gasteiger partial charge in [-0.15, -0.1) is 0 Å². The van der Waals surface area contributed by atoms with Crippen LogP contribution in [-0.2, 0) is 10.0 Å². The fraction of sp³-hybridized carbons (Fsp3) is 0.444. The van der Waals surface area contributed by atoms with Gasteiger partial charge in [0.15, 0.2) is 0 Å². The molecule has 0 bridgehead atoms. The van der Waals surface area contributed by atoms with E-state index in [-0.39, 0.29) is 11.7 Å². The minimum Gasteiger partial charge on any atom is -0.336 e. The second kappa shape index (κ2) is 7.20. The van der Waals surface area contributed by atoms with Gasteiger partial charge in [0.05, 0.1) is 28.9 Å². The summed E-state index contributed by atoms with van der Waals surface area (Å²) in [7, 11) is -3.20. The second-order valence-electron chi connectivity index (χ2n) is 6.43. The Morgan fingerprint density at radius 2 is 1.77 bits per heavy atom. The van der Waals surface area contributed by atoms with Crippen LogP contribution in [0, 0.1) is 13.8 Å². The van der Waals surface area contributed by atoms with Crippen LogP contribution in [0.3, 0.4) is 0 Å². The van der Waals surface area contributed by atoms with Crippen molar-refractivity contribution in [2.75, 3.05) is 31.9 Å². The lowest BCUT2D eigenvalue weighted by Crippen LogP contribution is -2.50. The molecule has 0 atom stereocenters. The van der Waals surface area contributed by atoms with E-state index >= 15 is 0 Å². The molecule has 0 spiro atoms. The van der Waals surface area contributed by atoms with Crippen molar-refractivity contribution in [3.8, 4) is 5.69 Å². The summed E-state index contributed by atoms with van der Waals surface area (Å²) in [4.78, 5) is 14.6. The van der Waals surface area contributed by atoms with Crippen molar-refractivity contribution in [1.29, 1.82) is 0 Å². The monoisotopic (exact) mass is 376 g/mol. The molecule has 1 aromatic heterocycles. The van der Waals surface area contributed by atoms with Crippen LogP contribution < -0.4 is 0 Å². The lowest BCUT2D eigenvalue weighted by Gasteiger charge is -2.33. The van der Waals surface area contributed by atoms with Crippen LogP contribution in [0.5, 0.6) is 0 Å². The Labute approximate surface area is 154 Å². The van der Waals surface area contributed by atoms with Crippen molar-refractivity contribution in [2.45, 2.75) is 20.8 Å². The Hall–Kier alpha value is -2.19. The highest BCUT2D eigenvalue weighted by molar-refractivity contribution is 7.89. The Bertz CT molecular complexity index is 912. The molecule has 1 saturated heterocycles. The van der Waals surface area contributed by atoms with Gasteiger partial charge >= 0.3 is 0 Å². The molecule has 1 aromatic carbocycles. The van der Waals surface area contributed by atoms with Crippen LogP contribution in [0.2, 0.25) is 0 Å². The molecule has 2 heterocycles. The van der Waals surface area contributed by atoms with Crippen LogP contribution in [0.4, 0.5) is 0 Å². The predicted molar refractivity (Wildman–Crippen MR) is 100.0 cm³/mol. The van der Waals surface area contributed by atoms with Crippen LogP contribution in [0.1, 0.15) is 28.5 Å². The molecule has 3 rings (SSSR count). The van der Waals surface area contributed by atoms with E-state index in [0.717, 1.165) is 16.9 Å². The summed E-state index contributed by atoms with van der Waals surface area (Å²) in [5.41, 5.74) is 3.37. The molecule has 2 aromatic rings. The number of hydrogen-bond acceptors (Lipinski definition) is 4. The van der Waals surface area contributed by atoms with E-state index < -0.39 is 10.0 Å². The molecule has 1 fully saturated rings. The number of para-hydroxylation sites is 1. The van der Waals surface area contributed by atoms with Crippen molar-refractivity contribution < 1.29 is 13.2 Å². The molecule has 140 valence electrons. The average molecular weight is 376 g/mol. The van der Waals surface area contributed by atoms with Gasteiger partial charge in [0.1, 0.15) is 0 Å². The zero-order valence-electron chi connectivity index (χ0n) is 15.3. The number of carbonyl (C=O) groups excluding carboxylic acids is 1. The SMILES string of the molecule is CCS(=O)(=O)N1CCN(C(=O)c2cnn(-c3ccccc3C)c2C)CC1. The van der Waals surface area contributed by atoms with Gasteiger partial charge in [-0.25, -0.2) is 13.1 Å². The predicted octanol–water partition coefficient (Wildman–Crippen LogP) is 1.60. The molecule has 1 amide bonds. The molecule has 1 aliphatic heterocycles. The highest BCUT2D eigenvalue weighted by Gasteiger charge is 2.29. The number of aromatic nitrogens is 2. The van der Waals surface area contributed by atoms with E-state index in [4.69, 9.17) is 0 Å². The first-order chi connectivity index (χ1) is 12.3. The second-order valence-corrected chi connectivity index (χ2v) is 8.69. The lowest BCUT2D eigenvalue weighted by molar-refractivity contribution is 0.0697. The van der Waals surface area contributed by atoms with Crippen molar-refractivity contribution in [3.63, 3.8) is 0 Å². The van der Waals surface area contributed by atoms with Crippen LogP contribution in [-0.4, -0.2) is 65.2 Å². The van der Waals surface area contributed by atoms with Gasteiger partial charge in [-0.05, 0) is 32.4 Å². The molecule has 0 aliphatic carbocycles. The third-order valence-electron chi connectivity index (χ3n) is 4.87. The van der Waals surface area contributed by atoms with Crippen LogP contribution in [0.25, 0.3) is 5.69 Å². The van der Waals surface area contributed by atoms with Gasteiger partial charge in [0, 0.05) is 26.2 Å². The molecule has 0 N–H and O–H groups in total. The molecular weight excluding hydrogens is 352 g/mol. The molecule has 8 heteroatoms. The maximum Gasteiger partial charge on any atom is 0.257 e. The summed E-state index contributed by atoms with van der Waals surface area (Å²) in [6.45, 7) is 6.99. The number of amides is 1. The Morgan fingerprint density at radius 1 is 1.12 bits per heavy atom. The third-order valence-corrected chi connectivity index (χ3v) is 6.75. The zero-order chi connectivity index (χ0) is 18.9. The van der Waals surface area contributed by atoms with Gasteiger partial charge in [-0.1, -0.05) is 18.2 Å². The largest absolute Gasteiger partial charge is 0.336 e. The van der Waals surface area contributed by atoms with Gasteiger partial charge in [-0.2, -0.15) is 9.40 Å². The standard InChI is InChI=1S/C18H24N4O3S/c1-4-26(24,25)21-11-9-20(10-12-21)18(23)16-13-19-22(15(16)3)17-8-6-5-7-14(17)2/h5-8,13H,4,9-12H2,1-3H3. The summed E-state index contributed by atoms with van der Waals surface area (Å²) in [5.74, 6) is -0.0145. The highest BCUT2D eigenvalue weighted by atomic mass is 32.2. The van der Waals surface area contributed by atoms with Crippen molar-refractivity contribution in [2.24, 2.45) is 0 Å². The summed E-state index contributed by atoms with van der Waals surface area (Å²) in [5, 5.41) is 4.39. The van der Waals surface area contributed by atoms with Crippen molar-refractivity contribution in [3.05, 3.63) is 47.3 Å². The lowest BCUT2D eigenvalue weighted by atomic mass is 10.2.